The minimum absolute atomic E-state index is 0.0825. The fourth-order valence-corrected chi connectivity index (χ4v) is 5.43. The maximum Gasteiger partial charge on any atom is 0.459 e. The molecule has 1 aromatic heterocycles. The van der Waals surface area contributed by atoms with Crippen molar-refractivity contribution in [2.45, 2.75) is 70.9 Å². The second-order valence-corrected chi connectivity index (χ2v) is 11.5. The van der Waals surface area contributed by atoms with Gasteiger partial charge in [-0.1, -0.05) is 32.0 Å². The number of hydrogen-bond acceptors (Lipinski definition) is 11. The lowest BCUT2D eigenvalue weighted by Crippen LogP contribution is -2.43. The first-order chi connectivity index (χ1) is 18.6. The lowest BCUT2D eigenvalue weighted by Gasteiger charge is -2.25. The van der Waals surface area contributed by atoms with Crippen molar-refractivity contribution in [1.82, 2.24) is 14.6 Å². The van der Waals surface area contributed by atoms with E-state index in [2.05, 4.69) is 10.1 Å². The van der Waals surface area contributed by atoms with Gasteiger partial charge in [0.05, 0.1) is 6.61 Å². The van der Waals surface area contributed by atoms with Crippen LogP contribution in [0, 0.1) is 5.92 Å². The van der Waals surface area contributed by atoms with Gasteiger partial charge in [0.15, 0.2) is 23.8 Å². The van der Waals surface area contributed by atoms with Crippen LogP contribution in [0.5, 0.6) is 5.75 Å². The van der Waals surface area contributed by atoms with Crippen molar-refractivity contribution in [3.8, 4) is 5.75 Å². The number of nitrogens with two attached hydrogens (primary N) is 1. The van der Waals surface area contributed by atoms with E-state index in [1.54, 1.807) is 32.0 Å². The summed E-state index contributed by atoms with van der Waals surface area (Å²) in [6.07, 6.45) is -4.71. The van der Waals surface area contributed by atoms with E-state index in [0.717, 1.165) is 11.5 Å². The molecule has 7 atom stereocenters. The number of aromatic nitrogens is 2. The van der Waals surface area contributed by atoms with Crippen molar-refractivity contribution in [2.75, 3.05) is 12.3 Å². The molecular weight excluding hydrogens is 550 g/mol. The van der Waals surface area contributed by atoms with Gasteiger partial charge in [0, 0.05) is 12.1 Å². The van der Waals surface area contributed by atoms with Crippen molar-refractivity contribution in [2.24, 2.45) is 5.92 Å². The molecular formula is C25H34FN4O9P. The second-order valence-electron chi connectivity index (χ2n) is 9.85. The number of anilines is 1. The molecule has 4 N–H and O–H groups in total. The van der Waals surface area contributed by atoms with Gasteiger partial charge in [-0.2, -0.15) is 10.1 Å². The zero-order valence-corrected chi connectivity index (χ0v) is 23.6. The van der Waals surface area contributed by atoms with Crippen LogP contribution in [0.4, 0.5) is 10.2 Å². The standard InChI is InChI=1S/C25H34FN4O9P/c1-14(2)20(31)16(4)37-22(33)15(3)29-40(35,39-17-9-7-6-8-10-17)36-13-18-21(32)25(5,26)23(38-18)30-12-11-19(27)28-24(30)34/h6-12,14-16,18,21,23,32H,13H2,1-5H3,(H,29,35)(H2,27,28,34)/t15-,16-,18?,21+,23?,25+,40-/m0/s1. The SMILES string of the molecule is CC(C)C(=O)[C@H](C)OC(=O)[C@H](C)N[P@](=O)(OCC1OC(n2ccc(N)nc2=O)[C@](C)(F)[C@@H]1O)Oc1ccccc1. The Balaban J connectivity index is 1.77. The molecule has 0 radical (unpaired) electrons. The highest BCUT2D eigenvalue weighted by Crippen LogP contribution is 2.47. The van der Waals surface area contributed by atoms with E-state index in [0.29, 0.717) is 0 Å². The molecule has 0 saturated carbocycles. The van der Waals surface area contributed by atoms with Crippen LogP contribution >= 0.6 is 7.75 Å². The van der Waals surface area contributed by atoms with E-state index in [-0.39, 0.29) is 23.3 Å². The molecule has 1 aliphatic rings. The van der Waals surface area contributed by atoms with Crippen LogP contribution < -0.4 is 21.0 Å². The Hall–Kier alpha value is -3.16. The number of carbonyl (C=O) groups excluding carboxylic acids is 2. The number of esters is 1. The molecule has 0 spiro atoms. The predicted octanol–water partition coefficient (Wildman–Crippen LogP) is 2.15. The number of ketones is 1. The van der Waals surface area contributed by atoms with E-state index in [9.17, 15) is 24.1 Å². The lowest BCUT2D eigenvalue weighted by molar-refractivity contribution is -0.156. The number of aliphatic hydroxyl groups excluding tert-OH is 1. The highest BCUT2D eigenvalue weighted by atomic mass is 31.2. The Morgan fingerprint density at radius 1 is 1.25 bits per heavy atom. The molecule has 40 heavy (non-hydrogen) atoms. The van der Waals surface area contributed by atoms with Crippen LogP contribution in [0.1, 0.15) is 40.8 Å². The molecule has 1 saturated heterocycles. The van der Waals surface area contributed by atoms with Crippen molar-refractivity contribution in [3.63, 3.8) is 0 Å². The summed E-state index contributed by atoms with van der Waals surface area (Å²) in [5.74, 6) is -1.54. The summed E-state index contributed by atoms with van der Waals surface area (Å²) >= 11 is 0. The quantitative estimate of drug-likeness (QED) is 0.245. The summed E-state index contributed by atoms with van der Waals surface area (Å²) in [6, 6.07) is 7.87. The molecule has 2 aromatic rings. The Bertz CT molecular complexity index is 1310. The summed E-state index contributed by atoms with van der Waals surface area (Å²) in [5, 5.41) is 13.1. The number of ether oxygens (including phenoxy) is 2. The lowest BCUT2D eigenvalue weighted by atomic mass is 9.98. The van der Waals surface area contributed by atoms with Gasteiger partial charge < -0.3 is 24.8 Å². The average molecular weight is 585 g/mol. The van der Waals surface area contributed by atoms with Gasteiger partial charge in [-0.25, -0.2) is 13.8 Å². The smallest absolute Gasteiger partial charge is 0.453 e. The summed E-state index contributed by atoms with van der Waals surface area (Å²) in [6.45, 7) is 6.44. The summed E-state index contributed by atoms with van der Waals surface area (Å²) in [5.41, 5.74) is 2.11. The van der Waals surface area contributed by atoms with Crippen LogP contribution in [-0.2, 0) is 28.2 Å². The van der Waals surface area contributed by atoms with Gasteiger partial charge in [-0.15, -0.1) is 0 Å². The van der Waals surface area contributed by atoms with Crippen LogP contribution in [0.15, 0.2) is 47.4 Å². The Kier molecular flexibility index (Phi) is 9.85. The fourth-order valence-electron chi connectivity index (χ4n) is 3.93. The first-order valence-corrected chi connectivity index (χ1v) is 14.1. The van der Waals surface area contributed by atoms with Gasteiger partial charge in [0.1, 0.15) is 29.8 Å². The van der Waals surface area contributed by atoms with E-state index in [1.165, 1.54) is 38.2 Å². The summed E-state index contributed by atoms with van der Waals surface area (Å²) in [4.78, 5) is 40.6. The van der Waals surface area contributed by atoms with Gasteiger partial charge in [0.2, 0.25) is 0 Å². The first kappa shape index (κ1) is 31.4. The van der Waals surface area contributed by atoms with E-state index in [1.807, 2.05) is 0 Å². The Labute approximate surface area is 230 Å². The molecule has 1 fully saturated rings. The number of carbonyl (C=O) groups is 2. The van der Waals surface area contributed by atoms with Gasteiger partial charge in [-0.05, 0) is 39.0 Å². The highest BCUT2D eigenvalue weighted by Gasteiger charge is 2.56. The number of alkyl halides is 1. The van der Waals surface area contributed by atoms with E-state index >= 15 is 4.39 Å². The fraction of sp³-hybridized carbons (Fsp3) is 0.520. The maximum atomic E-state index is 15.6. The Morgan fingerprint density at radius 3 is 2.50 bits per heavy atom. The number of nitrogen functional groups attached to an aromatic ring is 1. The van der Waals surface area contributed by atoms with Crippen LogP contribution in [0.25, 0.3) is 0 Å². The third kappa shape index (κ3) is 7.32. The third-order valence-electron chi connectivity index (χ3n) is 6.17. The van der Waals surface area contributed by atoms with Crippen molar-refractivity contribution >= 4 is 25.3 Å². The van der Waals surface area contributed by atoms with E-state index < -0.39 is 62.3 Å². The highest BCUT2D eigenvalue weighted by molar-refractivity contribution is 7.52. The zero-order valence-electron chi connectivity index (χ0n) is 22.7. The van der Waals surface area contributed by atoms with Crippen molar-refractivity contribution in [1.29, 1.82) is 0 Å². The van der Waals surface area contributed by atoms with Gasteiger partial charge in [0.25, 0.3) is 0 Å². The molecule has 2 unspecified atom stereocenters. The number of rotatable bonds is 12. The molecule has 13 nitrogen and oxygen atoms in total. The molecule has 1 aliphatic heterocycles. The first-order valence-electron chi connectivity index (χ1n) is 12.5. The number of halogens is 1. The van der Waals surface area contributed by atoms with Gasteiger partial charge >= 0.3 is 19.4 Å². The summed E-state index contributed by atoms with van der Waals surface area (Å²) in [7, 11) is -4.41. The summed E-state index contributed by atoms with van der Waals surface area (Å²) < 4.78 is 52.0. The molecule has 0 aliphatic carbocycles. The maximum absolute atomic E-state index is 15.6. The molecule has 15 heteroatoms. The largest absolute Gasteiger partial charge is 0.459 e. The minimum atomic E-state index is -4.41. The minimum Gasteiger partial charge on any atom is -0.453 e. The van der Waals surface area contributed by atoms with Crippen LogP contribution in [0.2, 0.25) is 0 Å². The molecule has 1 aromatic carbocycles. The predicted molar refractivity (Wildman–Crippen MR) is 141 cm³/mol. The van der Waals surface area contributed by atoms with Crippen molar-refractivity contribution in [3.05, 3.63) is 53.1 Å². The monoisotopic (exact) mass is 584 g/mol. The number of hydrogen-bond donors (Lipinski definition) is 3. The Morgan fingerprint density at radius 2 is 1.90 bits per heavy atom. The molecule has 3 rings (SSSR count). The number of para-hydroxylation sites is 1. The zero-order chi connectivity index (χ0) is 29.8. The number of benzene rings is 1. The number of aliphatic hydroxyl groups is 1. The van der Waals surface area contributed by atoms with Crippen LogP contribution in [-0.4, -0.2) is 63.0 Å². The average Bonchev–Trinajstić information content (AvgIpc) is 3.10. The van der Waals surface area contributed by atoms with E-state index in [4.69, 9.17) is 24.3 Å². The normalized spacial score (nSPS) is 25.6. The number of nitrogens with one attached hydrogen (secondary N) is 1. The number of Topliss-reactive ketones (excluding diaryl/α,β-unsaturated/α-hetero) is 1. The molecule has 0 bridgehead atoms. The van der Waals surface area contributed by atoms with Gasteiger partial charge in [-0.3, -0.25) is 18.7 Å². The molecule has 220 valence electrons. The third-order valence-corrected chi connectivity index (χ3v) is 7.81. The molecule has 2 heterocycles. The topological polar surface area (TPSA) is 181 Å². The van der Waals surface area contributed by atoms with Crippen LogP contribution in [0.3, 0.4) is 0 Å². The second kappa shape index (κ2) is 12.6. The number of nitrogens with zero attached hydrogens (tertiary/aromatic N) is 2. The van der Waals surface area contributed by atoms with Crippen molar-refractivity contribution < 1.29 is 42.2 Å². The molecule has 0 amide bonds.